The van der Waals surface area contributed by atoms with Gasteiger partial charge in [0, 0.05) is 0 Å². The van der Waals surface area contributed by atoms with Crippen LogP contribution in [0.15, 0.2) is 0 Å². The Morgan fingerprint density at radius 3 is 1.00 bits per heavy atom. The Kier molecular flexibility index (Phi) is 8.41. The van der Waals surface area contributed by atoms with Crippen molar-refractivity contribution in [3.8, 4) is 0 Å². The molecule has 82 valence electrons. The minimum absolute atomic E-state index is 0.579. The Bertz CT molecular complexity index is 91.2. The van der Waals surface area contributed by atoms with E-state index in [0.717, 1.165) is 0 Å². The van der Waals surface area contributed by atoms with Crippen LogP contribution in [-0.2, 0) is 12.1 Å². The number of rotatable bonds is 8. The van der Waals surface area contributed by atoms with Gasteiger partial charge in [0.05, 0.1) is 0 Å². The summed E-state index contributed by atoms with van der Waals surface area (Å²) in [6.07, 6.45) is 0. The fraction of sp³-hybridized carbons (Fsp3) is 1.00. The molecule has 0 bridgehead atoms. The molecule has 0 rings (SSSR count). The van der Waals surface area contributed by atoms with E-state index in [1.807, 2.05) is 27.7 Å². The molecule has 0 saturated heterocycles. The topological polar surface area (TPSA) is 36.9 Å². The van der Waals surface area contributed by atoms with Crippen LogP contribution in [0.4, 0.5) is 0 Å². The van der Waals surface area contributed by atoms with Gasteiger partial charge in [0.2, 0.25) is 0 Å². The van der Waals surface area contributed by atoms with Crippen molar-refractivity contribution in [1.82, 2.24) is 0 Å². The van der Waals surface area contributed by atoms with E-state index in [1.165, 1.54) is 0 Å². The first-order valence-electron chi connectivity index (χ1n) is 4.80. The van der Waals surface area contributed by atoms with Crippen LogP contribution in [-0.4, -0.2) is 46.9 Å². The second-order valence-electron chi connectivity index (χ2n) is 2.23. The van der Waals surface area contributed by atoms with Crippen LogP contribution in [0, 0.1) is 0 Å². The van der Waals surface area contributed by atoms with Crippen molar-refractivity contribution in [3.05, 3.63) is 0 Å². The first-order chi connectivity index (χ1) is 6.24. The second kappa shape index (κ2) is 8.01. The Balaban J connectivity index is 4.19. The van der Waals surface area contributed by atoms with Crippen LogP contribution < -0.4 is 0 Å². The average Bonchev–Trinajstić information content (AvgIpc) is 2.06. The molecule has 0 unspecified atom stereocenters. The van der Waals surface area contributed by atoms with Gasteiger partial charge < -0.3 is 0 Å². The molecule has 0 aliphatic carbocycles. The standard InChI is InChI=1S/4C2H5O.Sb.H/c4*1-2-3;;/h4*2H2,1H3;;/q4*-1;+4;. The predicted molar refractivity (Wildman–Crippen MR) is 53.7 cm³/mol. The molecular weight excluding hydrogens is 282 g/mol. The molecular formula is C8H21O4Sb. The van der Waals surface area contributed by atoms with Crippen molar-refractivity contribution in [2.45, 2.75) is 27.7 Å². The van der Waals surface area contributed by atoms with E-state index < -0.39 is 20.5 Å². The van der Waals surface area contributed by atoms with Crippen molar-refractivity contribution >= 4 is 20.5 Å². The van der Waals surface area contributed by atoms with Gasteiger partial charge in [0.1, 0.15) is 0 Å². The zero-order chi connectivity index (χ0) is 10.2. The van der Waals surface area contributed by atoms with Crippen LogP contribution >= 0.6 is 0 Å². The molecule has 0 aliphatic heterocycles. The SMILES string of the molecule is CC[O][SbH]([O]CC)([O]CC)[O]CC. The summed E-state index contributed by atoms with van der Waals surface area (Å²) < 4.78 is 22.0. The third-order valence-electron chi connectivity index (χ3n) is 1.28. The van der Waals surface area contributed by atoms with Crippen LogP contribution in [0.1, 0.15) is 27.7 Å². The third-order valence-corrected chi connectivity index (χ3v) is 8.62. The van der Waals surface area contributed by atoms with Crippen molar-refractivity contribution < 1.29 is 12.1 Å². The summed E-state index contributed by atoms with van der Waals surface area (Å²) in [6.45, 7) is 10.00. The van der Waals surface area contributed by atoms with E-state index in [0.29, 0.717) is 26.4 Å². The van der Waals surface area contributed by atoms with Crippen molar-refractivity contribution in [1.29, 1.82) is 0 Å². The Hall–Kier alpha value is 0.658. The molecule has 4 nitrogen and oxygen atoms in total. The summed E-state index contributed by atoms with van der Waals surface area (Å²) in [5.41, 5.74) is 0. The Morgan fingerprint density at radius 2 is 0.846 bits per heavy atom. The summed E-state index contributed by atoms with van der Waals surface area (Å²) in [7, 11) is 0. The normalized spacial score (nSPS) is 13.2. The quantitative estimate of drug-likeness (QED) is 0.633. The summed E-state index contributed by atoms with van der Waals surface area (Å²) in [5, 5.41) is 0. The second-order valence-corrected chi connectivity index (χ2v) is 8.38. The summed E-state index contributed by atoms with van der Waals surface area (Å²) in [4.78, 5) is 0. The Labute approximate surface area is 86.8 Å². The molecule has 0 atom stereocenters. The summed E-state index contributed by atoms with van der Waals surface area (Å²) in [6, 6.07) is 0. The summed E-state index contributed by atoms with van der Waals surface area (Å²) >= 11 is -3.56. The first kappa shape index (κ1) is 13.7. The van der Waals surface area contributed by atoms with Gasteiger partial charge in [-0.1, -0.05) is 0 Å². The molecule has 0 aromatic carbocycles. The molecule has 5 heteroatoms. The van der Waals surface area contributed by atoms with Crippen molar-refractivity contribution in [2.75, 3.05) is 26.4 Å². The maximum absolute atomic E-state index is 5.49. The van der Waals surface area contributed by atoms with Gasteiger partial charge in [-0.05, 0) is 0 Å². The van der Waals surface area contributed by atoms with E-state index >= 15 is 0 Å². The zero-order valence-electron chi connectivity index (χ0n) is 8.96. The molecule has 13 heavy (non-hydrogen) atoms. The van der Waals surface area contributed by atoms with Crippen LogP contribution in [0.2, 0.25) is 0 Å². The van der Waals surface area contributed by atoms with Gasteiger partial charge in [0.15, 0.2) is 0 Å². The van der Waals surface area contributed by atoms with E-state index in [4.69, 9.17) is 12.1 Å². The number of hydrogen-bond donors (Lipinski definition) is 0. The van der Waals surface area contributed by atoms with E-state index in [-0.39, 0.29) is 0 Å². The molecule has 0 saturated carbocycles. The van der Waals surface area contributed by atoms with Gasteiger partial charge in [-0.25, -0.2) is 0 Å². The van der Waals surface area contributed by atoms with Gasteiger partial charge in [0.25, 0.3) is 0 Å². The van der Waals surface area contributed by atoms with Crippen LogP contribution in [0.3, 0.4) is 0 Å². The fourth-order valence-corrected chi connectivity index (χ4v) is 6.42. The minimum atomic E-state index is -3.56. The molecule has 0 radical (unpaired) electrons. The van der Waals surface area contributed by atoms with Gasteiger partial charge >= 0.3 is 86.7 Å². The summed E-state index contributed by atoms with van der Waals surface area (Å²) in [5.74, 6) is 0. The molecule has 0 aromatic rings. The molecule has 0 aliphatic rings. The Morgan fingerprint density at radius 1 is 0.615 bits per heavy atom. The van der Waals surface area contributed by atoms with Gasteiger partial charge in [-0.3, -0.25) is 0 Å². The zero-order valence-corrected chi connectivity index (χ0v) is 11.8. The monoisotopic (exact) mass is 302 g/mol. The van der Waals surface area contributed by atoms with E-state index in [9.17, 15) is 0 Å². The molecule has 0 aromatic heterocycles. The van der Waals surface area contributed by atoms with Crippen molar-refractivity contribution in [2.24, 2.45) is 0 Å². The maximum atomic E-state index is 5.49. The predicted octanol–water partition coefficient (Wildman–Crippen LogP) is 1.30. The van der Waals surface area contributed by atoms with E-state index in [1.54, 1.807) is 0 Å². The molecule has 0 N–H and O–H groups in total. The van der Waals surface area contributed by atoms with Gasteiger partial charge in [-0.2, -0.15) is 0 Å². The number of hydrogen-bond acceptors (Lipinski definition) is 4. The van der Waals surface area contributed by atoms with Crippen LogP contribution in [0.5, 0.6) is 0 Å². The van der Waals surface area contributed by atoms with Gasteiger partial charge in [-0.15, -0.1) is 0 Å². The molecule has 0 amide bonds. The van der Waals surface area contributed by atoms with Crippen molar-refractivity contribution in [3.63, 3.8) is 0 Å². The van der Waals surface area contributed by atoms with Crippen LogP contribution in [0.25, 0.3) is 0 Å². The average molecular weight is 303 g/mol. The third kappa shape index (κ3) is 5.18. The first-order valence-corrected chi connectivity index (χ1v) is 9.46. The molecule has 0 fully saturated rings. The molecule has 0 spiro atoms. The fourth-order valence-electron chi connectivity index (χ4n) is 0.957. The molecule has 0 heterocycles. The van der Waals surface area contributed by atoms with E-state index in [2.05, 4.69) is 0 Å².